The molecule has 0 atom stereocenters. The van der Waals surface area contributed by atoms with E-state index in [1.165, 1.54) is 4.90 Å². The minimum absolute atomic E-state index is 0.119. The highest BCUT2D eigenvalue weighted by molar-refractivity contribution is 8.13. The minimum atomic E-state index is -3.45. The highest BCUT2D eigenvalue weighted by Gasteiger charge is 2.25. The molecule has 0 aliphatic carbocycles. The van der Waals surface area contributed by atoms with Crippen LogP contribution in [-0.2, 0) is 21.2 Å². The van der Waals surface area contributed by atoms with Gasteiger partial charge < -0.3 is 10.2 Å². The summed E-state index contributed by atoms with van der Waals surface area (Å²) in [7, 11) is -0.0907. The molecule has 0 aromatic heterocycles. The van der Waals surface area contributed by atoms with Gasteiger partial charge in [0.15, 0.2) is 0 Å². The number of thioether (sulfide) groups is 1. The molecule has 7 nitrogen and oxygen atoms in total. The van der Waals surface area contributed by atoms with E-state index in [1.54, 1.807) is 60.9 Å². The lowest BCUT2D eigenvalue weighted by Gasteiger charge is -2.25. The van der Waals surface area contributed by atoms with Crippen LogP contribution in [-0.4, -0.2) is 56.0 Å². The Bertz CT molecular complexity index is 1050. The van der Waals surface area contributed by atoms with Gasteiger partial charge in [0.1, 0.15) is 0 Å². The predicted octanol–water partition coefficient (Wildman–Crippen LogP) is 4.21. The lowest BCUT2D eigenvalue weighted by Crippen LogP contribution is -2.35. The first kappa shape index (κ1) is 24.3. The van der Waals surface area contributed by atoms with E-state index in [2.05, 4.69) is 5.32 Å². The number of hydrogen-bond donors (Lipinski definition) is 1. The summed E-state index contributed by atoms with van der Waals surface area (Å²) in [5.74, 6) is -0.166. The van der Waals surface area contributed by atoms with Gasteiger partial charge in [0.25, 0.3) is 5.24 Å². The monoisotopic (exact) mass is 475 g/mol. The maximum Gasteiger partial charge on any atom is 0.286 e. The second-order valence-corrected chi connectivity index (χ2v) is 10.8. The van der Waals surface area contributed by atoms with Gasteiger partial charge in [-0.3, -0.25) is 9.59 Å². The van der Waals surface area contributed by atoms with Crippen LogP contribution in [0.5, 0.6) is 0 Å². The maximum atomic E-state index is 12.8. The van der Waals surface area contributed by atoms with Crippen molar-refractivity contribution in [3.05, 3.63) is 54.1 Å². The number of benzene rings is 2. The van der Waals surface area contributed by atoms with Gasteiger partial charge >= 0.3 is 0 Å². The third-order valence-electron chi connectivity index (χ3n) is 5.24. The molecule has 0 saturated carbocycles. The number of rotatable bonds is 7. The summed E-state index contributed by atoms with van der Waals surface area (Å²) in [4.78, 5) is 26.9. The largest absolute Gasteiger partial charge is 0.339 e. The highest BCUT2D eigenvalue weighted by Crippen LogP contribution is 2.29. The van der Waals surface area contributed by atoms with Crippen LogP contribution in [0.1, 0.15) is 31.2 Å². The van der Waals surface area contributed by atoms with Crippen molar-refractivity contribution in [1.82, 2.24) is 9.21 Å². The molecule has 1 fully saturated rings. The van der Waals surface area contributed by atoms with E-state index in [1.807, 2.05) is 6.07 Å². The average Bonchev–Trinajstić information content (AvgIpc) is 2.79. The van der Waals surface area contributed by atoms with Crippen LogP contribution < -0.4 is 5.32 Å². The fourth-order valence-corrected chi connectivity index (χ4v) is 5.66. The van der Waals surface area contributed by atoms with Crippen molar-refractivity contribution in [1.29, 1.82) is 0 Å². The Morgan fingerprint density at radius 2 is 1.66 bits per heavy atom. The molecule has 9 heteroatoms. The molecule has 2 aromatic rings. The second kappa shape index (κ2) is 11.0. The fourth-order valence-electron chi connectivity index (χ4n) is 3.40. The van der Waals surface area contributed by atoms with Crippen LogP contribution in [0.4, 0.5) is 10.5 Å². The number of hydrogen-bond acceptors (Lipinski definition) is 5. The standard InChI is InChI=1S/C23H29N3O4S2/c1-25(2)23(28)31-21-9-5-4-8-20(21)24-22(27)15-12-18-10-13-19(14-11-18)32(29,30)26-16-6-3-7-17-26/h4-5,8-11,13-14H,3,6-7,12,15-17H2,1-2H3,(H,24,27). The molecule has 1 N–H and O–H groups in total. The first-order chi connectivity index (χ1) is 15.3. The molecule has 2 amide bonds. The van der Waals surface area contributed by atoms with Crippen molar-refractivity contribution in [2.45, 2.75) is 41.9 Å². The van der Waals surface area contributed by atoms with Crippen molar-refractivity contribution in [3.63, 3.8) is 0 Å². The van der Waals surface area contributed by atoms with E-state index >= 15 is 0 Å². The summed E-state index contributed by atoms with van der Waals surface area (Å²) in [6.07, 6.45) is 3.61. The molecule has 3 rings (SSSR count). The number of nitrogens with one attached hydrogen (secondary N) is 1. The summed E-state index contributed by atoms with van der Waals surface area (Å²) >= 11 is 1.06. The zero-order valence-corrected chi connectivity index (χ0v) is 20.0. The Morgan fingerprint density at radius 1 is 1.00 bits per heavy atom. The molecular weight excluding hydrogens is 446 g/mol. The van der Waals surface area contributed by atoms with Gasteiger partial charge in [0.2, 0.25) is 15.9 Å². The number of nitrogens with zero attached hydrogens (tertiary/aromatic N) is 2. The smallest absolute Gasteiger partial charge is 0.286 e. The van der Waals surface area contributed by atoms with Crippen molar-refractivity contribution in [3.8, 4) is 0 Å². The number of carbonyl (C=O) groups excluding carboxylic acids is 2. The highest BCUT2D eigenvalue weighted by atomic mass is 32.2. The van der Waals surface area contributed by atoms with E-state index in [0.29, 0.717) is 35.0 Å². The van der Waals surface area contributed by atoms with E-state index in [4.69, 9.17) is 0 Å². The maximum absolute atomic E-state index is 12.8. The van der Waals surface area contributed by atoms with Gasteiger partial charge in [0.05, 0.1) is 10.6 Å². The van der Waals surface area contributed by atoms with Crippen LogP contribution in [0.2, 0.25) is 0 Å². The Balaban J connectivity index is 1.57. The van der Waals surface area contributed by atoms with Crippen LogP contribution in [0.3, 0.4) is 0 Å². The summed E-state index contributed by atoms with van der Waals surface area (Å²) < 4.78 is 27.1. The van der Waals surface area contributed by atoms with Crippen molar-refractivity contribution in [2.24, 2.45) is 0 Å². The van der Waals surface area contributed by atoms with Crippen LogP contribution in [0.25, 0.3) is 0 Å². The minimum Gasteiger partial charge on any atom is -0.339 e. The van der Waals surface area contributed by atoms with Crippen molar-refractivity contribution < 1.29 is 18.0 Å². The lowest BCUT2D eigenvalue weighted by molar-refractivity contribution is -0.116. The lowest BCUT2D eigenvalue weighted by atomic mass is 10.1. The number of amides is 2. The zero-order valence-electron chi connectivity index (χ0n) is 18.4. The first-order valence-corrected chi connectivity index (χ1v) is 12.9. The third-order valence-corrected chi connectivity index (χ3v) is 8.27. The van der Waals surface area contributed by atoms with Crippen LogP contribution >= 0.6 is 11.8 Å². The number of aryl methyl sites for hydroxylation is 1. The Morgan fingerprint density at radius 3 is 2.31 bits per heavy atom. The molecule has 0 bridgehead atoms. The van der Waals surface area contributed by atoms with E-state index in [0.717, 1.165) is 36.6 Å². The molecule has 1 saturated heterocycles. The number of para-hydroxylation sites is 1. The van der Waals surface area contributed by atoms with Gasteiger partial charge in [-0.25, -0.2) is 8.42 Å². The SMILES string of the molecule is CN(C)C(=O)Sc1ccccc1NC(=O)CCc1ccc(S(=O)(=O)N2CCCCC2)cc1. The predicted molar refractivity (Wildman–Crippen MR) is 127 cm³/mol. The number of carbonyl (C=O) groups is 2. The first-order valence-electron chi connectivity index (χ1n) is 10.6. The van der Waals surface area contributed by atoms with E-state index in [-0.39, 0.29) is 17.6 Å². The summed E-state index contributed by atoms with van der Waals surface area (Å²) in [5, 5.41) is 2.75. The van der Waals surface area contributed by atoms with E-state index < -0.39 is 10.0 Å². The molecule has 1 aliphatic rings. The van der Waals surface area contributed by atoms with Gasteiger partial charge in [-0.1, -0.05) is 30.7 Å². The zero-order chi connectivity index (χ0) is 23.1. The number of piperidine rings is 1. The van der Waals surface area contributed by atoms with Crippen LogP contribution in [0.15, 0.2) is 58.3 Å². The molecule has 2 aromatic carbocycles. The van der Waals surface area contributed by atoms with Gasteiger partial charge in [-0.15, -0.1) is 0 Å². The molecule has 0 unspecified atom stereocenters. The molecule has 0 radical (unpaired) electrons. The number of sulfonamides is 1. The summed E-state index contributed by atoms with van der Waals surface area (Å²) in [6, 6.07) is 14.0. The van der Waals surface area contributed by atoms with Gasteiger partial charge in [-0.2, -0.15) is 4.31 Å². The summed E-state index contributed by atoms with van der Waals surface area (Å²) in [5.41, 5.74) is 1.49. The molecule has 1 heterocycles. The van der Waals surface area contributed by atoms with Crippen LogP contribution in [0, 0.1) is 0 Å². The number of anilines is 1. The molecular formula is C23H29N3O4S2. The molecule has 0 spiro atoms. The van der Waals surface area contributed by atoms with Crippen molar-refractivity contribution >= 4 is 38.6 Å². The molecule has 1 aliphatic heterocycles. The molecule has 172 valence electrons. The summed E-state index contributed by atoms with van der Waals surface area (Å²) in [6.45, 7) is 1.15. The fraction of sp³-hybridized carbons (Fsp3) is 0.391. The normalized spacial score (nSPS) is 14.7. The molecule has 32 heavy (non-hydrogen) atoms. The van der Waals surface area contributed by atoms with Crippen molar-refractivity contribution in [2.75, 3.05) is 32.5 Å². The van der Waals surface area contributed by atoms with Gasteiger partial charge in [0, 0.05) is 38.5 Å². The second-order valence-electron chi connectivity index (χ2n) is 7.92. The Labute approximate surface area is 194 Å². The Hall–Kier alpha value is -2.36. The average molecular weight is 476 g/mol. The quantitative estimate of drug-likeness (QED) is 0.607. The Kier molecular flexibility index (Phi) is 8.33. The van der Waals surface area contributed by atoms with E-state index in [9.17, 15) is 18.0 Å². The van der Waals surface area contributed by atoms with Gasteiger partial charge in [-0.05, 0) is 60.9 Å². The topological polar surface area (TPSA) is 86.8 Å². The third kappa shape index (κ3) is 6.34.